The molecule has 0 aromatic heterocycles. The third-order valence-corrected chi connectivity index (χ3v) is 5.94. The summed E-state index contributed by atoms with van der Waals surface area (Å²) in [6, 6.07) is 2.44. The smallest absolute Gasteiger partial charge is 0.342 e. The molecule has 3 N–H and O–H groups in total. The van der Waals surface area contributed by atoms with Crippen LogP contribution in [0.25, 0.3) is 0 Å². The molecule has 1 aromatic rings. The van der Waals surface area contributed by atoms with Crippen molar-refractivity contribution in [3.63, 3.8) is 0 Å². The summed E-state index contributed by atoms with van der Waals surface area (Å²) in [5.74, 6) is -1.46. The highest BCUT2D eigenvalue weighted by atomic mass is 16.6. The van der Waals surface area contributed by atoms with Crippen LogP contribution in [0.4, 0.5) is 0 Å². The van der Waals surface area contributed by atoms with Crippen LogP contribution in [0.2, 0.25) is 0 Å². The fraction of sp³-hybridized carbons (Fsp3) is 0.593. The number of phenols is 2. The first-order valence-electron chi connectivity index (χ1n) is 12.7. The summed E-state index contributed by atoms with van der Waals surface area (Å²) in [5, 5.41) is 34.2. The van der Waals surface area contributed by atoms with Gasteiger partial charge < -0.3 is 29.8 Å². The van der Waals surface area contributed by atoms with Crippen molar-refractivity contribution in [1.82, 2.24) is 4.90 Å². The molecule has 9 nitrogen and oxygen atoms in total. The van der Waals surface area contributed by atoms with E-state index in [4.69, 9.17) is 9.57 Å². The average molecular weight is 505 g/mol. The summed E-state index contributed by atoms with van der Waals surface area (Å²) in [4.78, 5) is 32.1. The summed E-state index contributed by atoms with van der Waals surface area (Å²) < 4.78 is 5.49. The number of oxime groups is 1. The second-order valence-electron chi connectivity index (χ2n) is 9.31. The molecule has 1 aliphatic rings. The first-order chi connectivity index (χ1) is 17.2. The van der Waals surface area contributed by atoms with Crippen molar-refractivity contribution < 1.29 is 34.5 Å². The molecule has 1 aromatic carbocycles. The van der Waals surface area contributed by atoms with Crippen molar-refractivity contribution in [3.8, 4) is 11.5 Å². The molecule has 0 saturated carbocycles. The van der Waals surface area contributed by atoms with Gasteiger partial charge in [0.15, 0.2) is 6.61 Å². The lowest BCUT2D eigenvalue weighted by atomic mass is 10.0. The molecule has 9 heteroatoms. The van der Waals surface area contributed by atoms with Crippen molar-refractivity contribution in [1.29, 1.82) is 0 Å². The zero-order chi connectivity index (χ0) is 26.5. The van der Waals surface area contributed by atoms with Gasteiger partial charge >= 0.3 is 5.97 Å². The van der Waals surface area contributed by atoms with Gasteiger partial charge in [-0.2, -0.15) is 0 Å². The van der Waals surface area contributed by atoms with E-state index in [1.54, 1.807) is 30.9 Å². The minimum absolute atomic E-state index is 0.0643. The molecule has 0 spiro atoms. The number of piperidine rings is 1. The monoisotopic (exact) mass is 504 g/mol. The van der Waals surface area contributed by atoms with E-state index in [-0.39, 0.29) is 30.2 Å². The minimum atomic E-state index is -0.732. The Hall–Kier alpha value is -3.07. The number of hydrogen-bond acceptors (Lipinski definition) is 8. The van der Waals surface area contributed by atoms with E-state index in [0.717, 1.165) is 51.3 Å². The van der Waals surface area contributed by atoms with E-state index in [9.17, 15) is 24.9 Å². The minimum Gasteiger partial charge on any atom is -0.508 e. The number of carbonyl (C=O) groups excluding carboxylic acids is 2. The van der Waals surface area contributed by atoms with Gasteiger partial charge in [0.25, 0.3) is 5.91 Å². The third kappa shape index (κ3) is 9.89. The lowest BCUT2D eigenvalue weighted by molar-refractivity contribution is -0.137. The topological polar surface area (TPSA) is 129 Å². The van der Waals surface area contributed by atoms with Crippen LogP contribution >= 0.6 is 0 Å². The Morgan fingerprint density at radius 2 is 1.92 bits per heavy atom. The molecule has 0 bridgehead atoms. The van der Waals surface area contributed by atoms with E-state index in [1.165, 1.54) is 6.07 Å². The van der Waals surface area contributed by atoms with Gasteiger partial charge in [0, 0.05) is 32.0 Å². The SMILES string of the molecule is CCCCC(O)C=CCC(C)OC(=O)c1c(O)cc(O)cc1CC(C)=NOCC(=O)N1CCCCC1. The number of likely N-dealkylation sites (tertiary alicyclic amines) is 1. The van der Waals surface area contributed by atoms with Gasteiger partial charge in [-0.15, -0.1) is 0 Å². The Kier molecular flexibility index (Phi) is 12.3. The predicted octanol–water partition coefficient (Wildman–Crippen LogP) is 4.09. The second-order valence-corrected chi connectivity index (χ2v) is 9.31. The highest BCUT2D eigenvalue weighted by molar-refractivity contribution is 5.97. The molecular weight excluding hydrogens is 464 g/mol. The number of esters is 1. The maximum absolute atomic E-state index is 12.8. The molecular formula is C27H40N2O7. The van der Waals surface area contributed by atoms with Crippen molar-refractivity contribution in [2.24, 2.45) is 5.16 Å². The molecule has 2 atom stereocenters. The maximum atomic E-state index is 12.8. The Bertz CT molecular complexity index is 923. The van der Waals surface area contributed by atoms with Crippen molar-refractivity contribution in [3.05, 3.63) is 35.4 Å². The standard InChI is InChI=1S/C27H40N2O7/c1-4-5-11-22(30)12-9-10-20(3)36-27(34)26-21(16-23(31)17-24(26)32)15-19(2)28-35-18-25(33)29-13-7-6-8-14-29/h9,12,16-17,20,22,30-32H,4-8,10-11,13-15,18H2,1-3H3. The van der Waals surface area contributed by atoms with E-state index in [0.29, 0.717) is 24.1 Å². The Morgan fingerprint density at radius 3 is 2.61 bits per heavy atom. The van der Waals surface area contributed by atoms with Crippen LogP contribution in [-0.2, 0) is 20.8 Å². The molecule has 1 amide bonds. The Morgan fingerprint density at radius 1 is 1.19 bits per heavy atom. The quantitative estimate of drug-likeness (QED) is 0.160. The van der Waals surface area contributed by atoms with Gasteiger partial charge in [0.1, 0.15) is 23.2 Å². The van der Waals surface area contributed by atoms with E-state index < -0.39 is 23.9 Å². The highest BCUT2D eigenvalue weighted by Gasteiger charge is 2.22. The third-order valence-electron chi connectivity index (χ3n) is 5.94. The number of nitrogens with zero attached hydrogens (tertiary/aromatic N) is 2. The van der Waals surface area contributed by atoms with Crippen LogP contribution in [0.1, 0.15) is 81.6 Å². The summed E-state index contributed by atoms with van der Waals surface area (Å²) in [6.45, 7) is 6.73. The van der Waals surface area contributed by atoms with Crippen LogP contribution in [-0.4, -0.2) is 69.7 Å². The molecule has 2 unspecified atom stereocenters. The lowest BCUT2D eigenvalue weighted by Gasteiger charge is -2.26. The highest BCUT2D eigenvalue weighted by Crippen LogP contribution is 2.29. The van der Waals surface area contributed by atoms with Gasteiger partial charge in [-0.1, -0.05) is 37.1 Å². The molecule has 2 rings (SSSR count). The number of amides is 1. The normalized spacial score (nSPS) is 16.1. The number of hydrogen-bond donors (Lipinski definition) is 3. The number of aliphatic hydroxyl groups excluding tert-OH is 1. The number of phenolic OH excluding ortho intramolecular Hbond substituents is 2. The van der Waals surface area contributed by atoms with Crippen LogP contribution < -0.4 is 0 Å². The molecule has 1 fully saturated rings. The van der Waals surface area contributed by atoms with Crippen LogP contribution in [0.3, 0.4) is 0 Å². The predicted molar refractivity (Wildman–Crippen MR) is 137 cm³/mol. The maximum Gasteiger partial charge on any atom is 0.342 e. The zero-order valence-corrected chi connectivity index (χ0v) is 21.6. The largest absolute Gasteiger partial charge is 0.508 e. The van der Waals surface area contributed by atoms with Crippen molar-refractivity contribution in [2.75, 3.05) is 19.7 Å². The molecule has 1 saturated heterocycles. The number of aliphatic hydroxyl groups is 1. The van der Waals surface area contributed by atoms with Gasteiger partial charge in [0.05, 0.1) is 11.8 Å². The van der Waals surface area contributed by atoms with E-state index in [1.807, 2.05) is 0 Å². The van der Waals surface area contributed by atoms with Crippen molar-refractivity contribution >= 4 is 17.6 Å². The van der Waals surface area contributed by atoms with Gasteiger partial charge in [-0.25, -0.2) is 4.79 Å². The van der Waals surface area contributed by atoms with Gasteiger partial charge in [-0.3, -0.25) is 4.79 Å². The first kappa shape index (κ1) is 29.2. The van der Waals surface area contributed by atoms with E-state index >= 15 is 0 Å². The number of carbonyl (C=O) groups is 2. The van der Waals surface area contributed by atoms with Crippen LogP contribution in [0.5, 0.6) is 11.5 Å². The number of ether oxygens (including phenoxy) is 1. The summed E-state index contributed by atoms with van der Waals surface area (Å²) in [5.41, 5.74) is 0.713. The molecule has 36 heavy (non-hydrogen) atoms. The Balaban J connectivity index is 1.98. The number of benzene rings is 1. The Labute approximate surface area is 213 Å². The zero-order valence-electron chi connectivity index (χ0n) is 21.6. The van der Waals surface area contributed by atoms with E-state index in [2.05, 4.69) is 12.1 Å². The van der Waals surface area contributed by atoms with Gasteiger partial charge in [0.2, 0.25) is 0 Å². The molecule has 0 radical (unpaired) electrons. The lowest BCUT2D eigenvalue weighted by Crippen LogP contribution is -2.37. The second kappa shape index (κ2) is 15.1. The van der Waals surface area contributed by atoms with Crippen LogP contribution in [0, 0.1) is 0 Å². The molecule has 1 aliphatic heterocycles. The number of aromatic hydroxyl groups is 2. The fourth-order valence-corrected chi connectivity index (χ4v) is 4.01. The molecule has 0 aliphatic carbocycles. The fourth-order valence-electron chi connectivity index (χ4n) is 4.01. The molecule has 200 valence electrons. The van der Waals surface area contributed by atoms with Crippen molar-refractivity contribution in [2.45, 2.75) is 84.3 Å². The summed E-state index contributed by atoms with van der Waals surface area (Å²) >= 11 is 0. The summed E-state index contributed by atoms with van der Waals surface area (Å²) in [6.07, 6.45) is 8.68. The van der Waals surface area contributed by atoms with Gasteiger partial charge in [-0.05, 0) is 51.2 Å². The number of rotatable bonds is 13. The number of unbranched alkanes of at least 4 members (excludes halogenated alkanes) is 1. The van der Waals surface area contributed by atoms with Crippen LogP contribution in [0.15, 0.2) is 29.4 Å². The summed E-state index contributed by atoms with van der Waals surface area (Å²) in [7, 11) is 0. The average Bonchev–Trinajstić information content (AvgIpc) is 2.82. The molecule has 1 heterocycles. The first-order valence-corrected chi connectivity index (χ1v) is 12.7.